The Kier molecular flexibility index (Phi) is 7.69. The van der Waals surface area contributed by atoms with Crippen molar-refractivity contribution < 1.29 is 10.2 Å². The van der Waals surface area contributed by atoms with E-state index in [0.717, 1.165) is 24.5 Å². The molecule has 4 nitrogen and oxygen atoms in total. The first-order valence-corrected chi connectivity index (χ1v) is 9.90. The zero-order valence-corrected chi connectivity index (χ0v) is 17.2. The van der Waals surface area contributed by atoms with Crippen molar-refractivity contribution in [1.29, 1.82) is 0 Å². The highest BCUT2D eigenvalue weighted by molar-refractivity contribution is 5.53. The first kappa shape index (κ1) is 21.3. The Bertz CT molecular complexity index is 621. The lowest BCUT2D eigenvalue weighted by molar-refractivity contribution is 0.302. The molecular weight excluding hydrogens is 336 g/mol. The van der Waals surface area contributed by atoms with Crippen LogP contribution >= 0.6 is 0 Å². The van der Waals surface area contributed by atoms with E-state index in [-0.39, 0.29) is 18.6 Å². The Morgan fingerprint density at radius 1 is 0.667 bits per heavy atom. The summed E-state index contributed by atoms with van der Waals surface area (Å²) in [5.41, 5.74) is 4.72. The second kappa shape index (κ2) is 9.77. The molecule has 0 radical (unpaired) electrons. The van der Waals surface area contributed by atoms with Gasteiger partial charge in [-0.2, -0.15) is 0 Å². The third-order valence-electron chi connectivity index (χ3n) is 5.41. The number of aliphatic hydroxyl groups is 2. The smallest absolute Gasteiger partial charge is 0.0606 e. The lowest BCUT2D eigenvalue weighted by Gasteiger charge is -2.29. The van der Waals surface area contributed by atoms with Gasteiger partial charge >= 0.3 is 0 Å². The van der Waals surface area contributed by atoms with Gasteiger partial charge in [0.2, 0.25) is 0 Å². The largest absolute Gasteiger partial charge is 0.395 e. The summed E-state index contributed by atoms with van der Waals surface area (Å²) in [6.07, 6.45) is 0. The molecule has 0 saturated carbocycles. The highest BCUT2D eigenvalue weighted by Gasteiger charge is 2.23. The standard InChI is InChI=1S/C23H34N2O2/c1-5-24(15-17-26)21-11-7-19(8-12-21)23(3,4)20-9-13-22(14-10-20)25(6-2)16-18-27/h7-14,26-27H,5-6,15-18H2,1-4H3. The van der Waals surface area contributed by atoms with Crippen LogP contribution in [0.15, 0.2) is 48.5 Å². The molecule has 0 atom stereocenters. The maximum atomic E-state index is 9.22. The molecule has 2 rings (SSSR count). The van der Waals surface area contributed by atoms with E-state index in [2.05, 4.69) is 86.0 Å². The predicted molar refractivity (Wildman–Crippen MR) is 115 cm³/mol. The van der Waals surface area contributed by atoms with Gasteiger partial charge in [0, 0.05) is 43.0 Å². The molecule has 2 N–H and O–H groups in total. The Morgan fingerprint density at radius 2 is 1.00 bits per heavy atom. The summed E-state index contributed by atoms with van der Waals surface area (Å²) in [4.78, 5) is 4.35. The summed E-state index contributed by atoms with van der Waals surface area (Å²) >= 11 is 0. The van der Waals surface area contributed by atoms with E-state index in [1.165, 1.54) is 11.1 Å². The van der Waals surface area contributed by atoms with E-state index < -0.39 is 0 Å². The van der Waals surface area contributed by atoms with Gasteiger partial charge in [-0.1, -0.05) is 38.1 Å². The summed E-state index contributed by atoms with van der Waals surface area (Å²) in [7, 11) is 0. The van der Waals surface area contributed by atoms with Crippen molar-refractivity contribution in [3.8, 4) is 0 Å². The quantitative estimate of drug-likeness (QED) is 0.670. The molecule has 148 valence electrons. The van der Waals surface area contributed by atoms with Crippen molar-refractivity contribution in [2.24, 2.45) is 0 Å². The fraction of sp³-hybridized carbons (Fsp3) is 0.478. The average Bonchev–Trinajstić information content (AvgIpc) is 2.70. The maximum Gasteiger partial charge on any atom is 0.0606 e. The van der Waals surface area contributed by atoms with Gasteiger partial charge in [0.25, 0.3) is 0 Å². The van der Waals surface area contributed by atoms with E-state index in [0.29, 0.717) is 13.1 Å². The van der Waals surface area contributed by atoms with E-state index in [9.17, 15) is 10.2 Å². The molecule has 0 aliphatic rings. The molecule has 2 aromatic carbocycles. The van der Waals surface area contributed by atoms with Crippen LogP contribution in [0.4, 0.5) is 11.4 Å². The first-order chi connectivity index (χ1) is 13.0. The van der Waals surface area contributed by atoms with Crippen molar-refractivity contribution in [3.63, 3.8) is 0 Å². The van der Waals surface area contributed by atoms with Gasteiger partial charge in [-0.15, -0.1) is 0 Å². The molecular formula is C23H34N2O2. The Labute approximate surface area is 164 Å². The van der Waals surface area contributed by atoms with Crippen LogP contribution in [0.25, 0.3) is 0 Å². The summed E-state index contributed by atoms with van der Waals surface area (Å²) in [5, 5.41) is 18.4. The molecule has 0 spiro atoms. The van der Waals surface area contributed by atoms with Gasteiger partial charge in [-0.05, 0) is 49.2 Å². The fourth-order valence-electron chi connectivity index (χ4n) is 3.53. The topological polar surface area (TPSA) is 46.9 Å². The molecule has 0 aliphatic carbocycles. The monoisotopic (exact) mass is 370 g/mol. The minimum Gasteiger partial charge on any atom is -0.395 e. The lowest BCUT2D eigenvalue weighted by atomic mass is 9.78. The molecule has 0 unspecified atom stereocenters. The molecule has 0 fully saturated rings. The molecule has 0 amide bonds. The second-order valence-electron chi connectivity index (χ2n) is 7.33. The predicted octanol–water partition coefficient (Wildman–Crippen LogP) is 3.65. The van der Waals surface area contributed by atoms with Gasteiger partial charge in [0.1, 0.15) is 0 Å². The van der Waals surface area contributed by atoms with E-state index >= 15 is 0 Å². The number of rotatable bonds is 10. The Balaban J connectivity index is 2.22. The second-order valence-corrected chi connectivity index (χ2v) is 7.33. The normalized spacial score (nSPS) is 11.5. The van der Waals surface area contributed by atoms with Crippen LogP contribution < -0.4 is 9.80 Å². The Hall–Kier alpha value is -2.04. The summed E-state index contributed by atoms with van der Waals surface area (Å²) in [5.74, 6) is 0. The van der Waals surface area contributed by atoms with E-state index in [1.807, 2.05) is 0 Å². The van der Waals surface area contributed by atoms with Gasteiger partial charge in [-0.3, -0.25) is 0 Å². The molecule has 4 heteroatoms. The molecule has 0 saturated heterocycles. The van der Waals surface area contributed by atoms with Crippen LogP contribution in [0.2, 0.25) is 0 Å². The summed E-state index contributed by atoms with van der Waals surface area (Å²) in [6.45, 7) is 12.1. The minimum atomic E-state index is -0.0981. The van der Waals surface area contributed by atoms with Crippen molar-refractivity contribution in [3.05, 3.63) is 59.7 Å². The molecule has 0 aromatic heterocycles. The highest BCUT2D eigenvalue weighted by atomic mass is 16.3. The van der Waals surface area contributed by atoms with Crippen molar-refractivity contribution in [2.45, 2.75) is 33.1 Å². The third-order valence-corrected chi connectivity index (χ3v) is 5.41. The lowest BCUT2D eigenvalue weighted by Crippen LogP contribution is -2.27. The van der Waals surface area contributed by atoms with Gasteiger partial charge in [-0.25, -0.2) is 0 Å². The van der Waals surface area contributed by atoms with E-state index in [1.54, 1.807) is 0 Å². The van der Waals surface area contributed by atoms with Crippen molar-refractivity contribution >= 4 is 11.4 Å². The number of benzene rings is 2. The number of hydrogen-bond donors (Lipinski definition) is 2. The number of nitrogens with zero attached hydrogens (tertiary/aromatic N) is 2. The number of aliphatic hydroxyl groups excluding tert-OH is 2. The van der Waals surface area contributed by atoms with Crippen LogP contribution in [-0.2, 0) is 5.41 Å². The summed E-state index contributed by atoms with van der Waals surface area (Å²) in [6, 6.07) is 17.3. The van der Waals surface area contributed by atoms with Crippen molar-refractivity contribution in [2.75, 3.05) is 49.2 Å². The molecule has 0 aliphatic heterocycles. The Morgan fingerprint density at radius 3 is 1.26 bits per heavy atom. The maximum absolute atomic E-state index is 9.22. The van der Waals surface area contributed by atoms with E-state index in [4.69, 9.17) is 0 Å². The molecule has 2 aromatic rings. The molecule has 0 bridgehead atoms. The minimum absolute atomic E-state index is 0.0981. The number of hydrogen-bond acceptors (Lipinski definition) is 4. The number of likely N-dealkylation sites (N-methyl/N-ethyl adjacent to an activating group) is 2. The molecule has 27 heavy (non-hydrogen) atoms. The highest BCUT2D eigenvalue weighted by Crippen LogP contribution is 2.33. The van der Waals surface area contributed by atoms with Crippen LogP contribution in [0.1, 0.15) is 38.8 Å². The van der Waals surface area contributed by atoms with Crippen LogP contribution in [0.5, 0.6) is 0 Å². The zero-order chi connectivity index (χ0) is 19.9. The zero-order valence-electron chi connectivity index (χ0n) is 17.2. The van der Waals surface area contributed by atoms with Crippen LogP contribution in [0.3, 0.4) is 0 Å². The van der Waals surface area contributed by atoms with Gasteiger partial charge in [0.15, 0.2) is 0 Å². The van der Waals surface area contributed by atoms with Gasteiger partial charge < -0.3 is 20.0 Å². The van der Waals surface area contributed by atoms with Gasteiger partial charge in [0.05, 0.1) is 13.2 Å². The number of anilines is 2. The third kappa shape index (κ3) is 5.02. The van der Waals surface area contributed by atoms with Crippen LogP contribution in [0, 0.1) is 0 Å². The summed E-state index contributed by atoms with van der Waals surface area (Å²) < 4.78 is 0. The van der Waals surface area contributed by atoms with Crippen LogP contribution in [-0.4, -0.2) is 49.6 Å². The fourth-order valence-corrected chi connectivity index (χ4v) is 3.53. The first-order valence-electron chi connectivity index (χ1n) is 9.90. The average molecular weight is 371 g/mol. The SMILES string of the molecule is CCN(CCO)c1ccc(C(C)(C)c2ccc(N(CC)CCO)cc2)cc1. The van der Waals surface area contributed by atoms with Crippen molar-refractivity contribution in [1.82, 2.24) is 0 Å². The molecule has 0 heterocycles.